The average molecular weight is 433 g/mol. The summed E-state index contributed by atoms with van der Waals surface area (Å²) in [5.41, 5.74) is 3.14. The minimum absolute atomic E-state index is 0.116. The molecule has 1 saturated heterocycles. The van der Waals surface area contributed by atoms with E-state index in [1.54, 1.807) is 0 Å². The normalized spacial score (nSPS) is 21.3. The molecular formula is C26H32N4O2. The molecule has 1 atom stereocenters. The van der Waals surface area contributed by atoms with Crippen LogP contribution in [0.15, 0.2) is 30.3 Å². The van der Waals surface area contributed by atoms with Crippen LogP contribution in [0.4, 0.5) is 5.82 Å². The summed E-state index contributed by atoms with van der Waals surface area (Å²) in [4.78, 5) is 39.2. The maximum absolute atomic E-state index is 12.8. The number of benzene rings is 1. The fourth-order valence-corrected chi connectivity index (χ4v) is 5.50. The van der Waals surface area contributed by atoms with E-state index in [9.17, 15) is 9.59 Å². The van der Waals surface area contributed by atoms with Gasteiger partial charge in [0.15, 0.2) is 0 Å². The monoisotopic (exact) mass is 432 g/mol. The minimum atomic E-state index is 0.116. The van der Waals surface area contributed by atoms with Crippen LogP contribution in [-0.2, 0) is 22.6 Å². The Balaban J connectivity index is 1.35. The molecule has 0 bridgehead atoms. The van der Waals surface area contributed by atoms with Crippen molar-refractivity contribution in [3.05, 3.63) is 53.0 Å². The van der Waals surface area contributed by atoms with Gasteiger partial charge in [-0.25, -0.2) is 9.97 Å². The van der Waals surface area contributed by atoms with Crippen LogP contribution in [0.3, 0.4) is 0 Å². The number of carbonyl (C=O) groups is 2. The Labute approximate surface area is 190 Å². The largest absolute Gasteiger partial charge is 0.342 e. The zero-order valence-corrected chi connectivity index (χ0v) is 18.9. The molecule has 0 radical (unpaired) electrons. The first-order valence-electron chi connectivity index (χ1n) is 12.1. The van der Waals surface area contributed by atoms with E-state index in [1.807, 2.05) is 47.1 Å². The topological polar surface area (TPSA) is 66.4 Å². The third-order valence-corrected chi connectivity index (χ3v) is 7.38. The van der Waals surface area contributed by atoms with Crippen LogP contribution < -0.4 is 4.90 Å². The molecule has 1 aromatic heterocycles. The van der Waals surface area contributed by atoms with Gasteiger partial charge in [-0.3, -0.25) is 14.5 Å². The van der Waals surface area contributed by atoms with Crippen LogP contribution in [0.5, 0.6) is 0 Å². The number of carbonyl (C=O) groups excluding carboxylic acids is 2. The maximum atomic E-state index is 12.8. The van der Waals surface area contributed by atoms with Gasteiger partial charge >= 0.3 is 0 Å². The summed E-state index contributed by atoms with van der Waals surface area (Å²) in [6.45, 7) is 4.02. The van der Waals surface area contributed by atoms with Crippen molar-refractivity contribution in [1.29, 1.82) is 0 Å². The van der Waals surface area contributed by atoms with Gasteiger partial charge in [0.2, 0.25) is 11.8 Å². The van der Waals surface area contributed by atoms with Crippen LogP contribution in [-0.4, -0.2) is 39.8 Å². The number of aromatic nitrogens is 2. The van der Waals surface area contributed by atoms with Crippen molar-refractivity contribution in [2.45, 2.75) is 70.8 Å². The van der Waals surface area contributed by atoms with Crippen molar-refractivity contribution in [3.8, 4) is 0 Å². The second-order valence-electron chi connectivity index (χ2n) is 9.61. The van der Waals surface area contributed by atoms with Gasteiger partial charge in [-0.15, -0.1) is 0 Å². The molecule has 0 spiro atoms. The lowest BCUT2D eigenvalue weighted by Gasteiger charge is -2.30. The van der Waals surface area contributed by atoms with Gasteiger partial charge in [0.25, 0.3) is 0 Å². The van der Waals surface area contributed by atoms with E-state index in [1.165, 1.54) is 25.7 Å². The number of amides is 2. The molecule has 2 fully saturated rings. The van der Waals surface area contributed by atoms with Crippen LogP contribution in [0.2, 0.25) is 0 Å². The number of hydrogen-bond donors (Lipinski definition) is 0. The van der Waals surface area contributed by atoms with E-state index in [4.69, 9.17) is 9.97 Å². The molecule has 0 N–H and O–H groups in total. The maximum Gasteiger partial charge on any atom is 0.228 e. The smallest absolute Gasteiger partial charge is 0.228 e. The second-order valence-corrected chi connectivity index (χ2v) is 9.61. The summed E-state index contributed by atoms with van der Waals surface area (Å²) in [6, 6.07) is 10.1. The van der Waals surface area contributed by atoms with E-state index in [0.717, 1.165) is 41.4 Å². The number of aryl methyl sites for hydroxylation is 1. The molecule has 2 aromatic rings. The highest BCUT2D eigenvalue weighted by Gasteiger charge is 2.33. The Bertz CT molecular complexity index is 1000. The lowest BCUT2D eigenvalue weighted by molar-refractivity contribution is -0.131. The van der Waals surface area contributed by atoms with Crippen LogP contribution in [0, 0.1) is 12.8 Å². The van der Waals surface area contributed by atoms with E-state index >= 15 is 0 Å². The quantitative estimate of drug-likeness (QED) is 0.712. The van der Waals surface area contributed by atoms with Gasteiger partial charge in [0.1, 0.15) is 11.6 Å². The van der Waals surface area contributed by atoms with Gasteiger partial charge in [0.05, 0.1) is 6.54 Å². The summed E-state index contributed by atoms with van der Waals surface area (Å²) in [5.74, 6) is 2.66. The van der Waals surface area contributed by atoms with E-state index in [-0.39, 0.29) is 17.7 Å². The van der Waals surface area contributed by atoms with Crippen molar-refractivity contribution in [1.82, 2.24) is 14.9 Å². The first-order valence-corrected chi connectivity index (χ1v) is 12.1. The summed E-state index contributed by atoms with van der Waals surface area (Å²) in [6.07, 6.45) is 7.70. The first kappa shape index (κ1) is 21.1. The standard InChI is InChI=1S/C26H32N4O2/c1-18-22-11-12-23(31)30(16-20-9-3-2-4-10-20)26(22)28-25(27-18)21-13-14-29(17-21)24(32)15-19-7-5-6-8-19/h2-4,9-10,19,21H,5-8,11-17H2,1H3. The molecule has 32 heavy (non-hydrogen) atoms. The molecule has 2 aliphatic heterocycles. The molecule has 6 heteroatoms. The lowest BCUT2D eigenvalue weighted by atomic mass is 10.0. The Morgan fingerprint density at radius 1 is 1.06 bits per heavy atom. The summed E-state index contributed by atoms with van der Waals surface area (Å²) < 4.78 is 0. The highest BCUT2D eigenvalue weighted by molar-refractivity contribution is 5.95. The van der Waals surface area contributed by atoms with Gasteiger partial charge in [0, 0.05) is 43.1 Å². The van der Waals surface area contributed by atoms with Crippen molar-refractivity contribution >= 4 is 17.6 Å². The Kier molecular flexibility index (Phi) is 5.94. The number of fused-ring (bicyclic) bond motifs is 1. The number of anilines is 1. The molecular weight excluding hydrogens is 400 g/mol. The summed E-state index contributed by atoms with van der Waals surface area (Å²) in [7, 11) is 0. The van der Waals surface area contributed by atoms with Gasteiger partial charge in [-0.1, -0.05) is 43.2 Å². The molecule has 1 aliphatic carbocycles. The van der Waals surface area contributed by atoms with Crippen molar-refractivity contribution < 1.29 is 9.59 Å². The molecule has 1 aromatic carbocycles. The molecule has 3 aliphatic rings. The molecule has 3 heterocycles. The molecule has 5 rings (SSSR count). The highest BCUT2D eigenvalue weighted by Crippen LogP contribution is 2.34. The van der Waals surface area contributed by atoms with Crippen molar-refractivity contribution in [2.75, 3.05) is 18.0 Å². The van der Waals surface area contributed by atoms with E-state index in [2.05, 4.69) is 0 Å². The van der Waals surface area contributed by atoms with E-state index < -0.39 is 0 Å². The third-order valence-electron chi connectivity index (χ3n) is 7.38. The fourth-order valence-electron chi connectivity index (χ4n) is 5.50. The highest BCUT2D eigenvalue weighted by atomic mass is 16.2. The fraction of sp³-hybridized carbons (Fsp3) is 0.538. The minimum Gasteiger partial charge on any atom is -0.342 e. The predicted octanol–water partition coefficient (Wildman–Crippen LogP) is 4.16. The molecule has 1 saturated carbocycles. The average Bonchev–Trinajstić information content (AvgIpc) is 3.49. The Hall–Kier alpha value is -2.76. The van der Waals surface area contributed by atoms with Gasteiger partial charge in [-0.05, 0) is 44.1 Å². The van der Waals surface area contributed by atoms with Gasteiger partial charge in [-0.2, -0.15) is 0 Å². The third kappa shape index (κ3) is 4.27. The van der Waals surface area contributed by atoms with Crippen molar-refractivity contribution in [3.63, 3.8) is 0 Å². The molecule has 168 valence electrons. The second kappa shape index (κ2) is 9.00. The van der Waals surface area contributed by atoms with Crippen LogP contribution in [0.25, 0.3) is 0 Å². The molecule has 1 unspecified atom stereocenters. The van der Waals surface area contributed by atoms with Crippen LogP contribution in [0.1, 0.15) is 73.5 Å². The first-order chi connectivity index (χ1) is 15.6. The number of rotatable bonds is 5. The van der Waals surface area contributed by atoms with Gasteiger partial charge < -0.3 is 4.90 Å². The number of hydrogen-bond acceptors (Lipinski definition) is 4. The summed E-state index contributed by atoms with van der Waals surface area (Å²) >= 11 is 0. The predicted molar refractivity (Wildman–Crippen MR) is 123 cm³/mol. The molecule has 2 amide bonds. The van der Waals surface area contributed by atoms with Crippen molar-refractivity contribution in [2.24, 2.45) is 5.92 Å². The molecule has 6 nitrogen and oxygen atoms in total. The summed E-state index contributed by atoms with van der Waals surface area (Å²) in [5, 5.41) is 0. The Morgan fingerprint density at radius 3 is 2.62 bits per heavy atom. The number of likely N-dealkylation sites (tertiary alicyclic amines) is 1. The van der Waals surface area contributed by atoms with E-state index in [0.29, 0.717) is 38.3 Å². The van der Waals surface area contributed by atoms with Crippen LogP contribution >= 0.6 is 0 Å². The zero-order chi connectivity index (χ0) is 22.1. The Morgan fingerprint density at radius 2 is 1.84 bits per heavy atom. The number of nitrogens with zero attached hydrogens (tertiary/aromatic N) is 4. The lowest BCUT2D eigenvalue weighted by Crippen LogP contribution is -2.36. The SMILES string of the molecule is Cc1nc(C2CCN(C(=O)CC3CCCC3)C2)nc2c1CCC(=O)N2Cc1ccccc1. The zero-order valence-electron chi connectivity index (χ0n) is 18.9.